The fourth-order valence-electron chi connectivity index (χ4n) is 2.94. The fraction of sp³-hybridized carbons (Fsp3) is 0.200. The molecule has 0 aliphatic carbocycles. The highest BCUT2D eigenvalue weighted by molar-refractivity contribution is 5.91. The summed E-state index contributed by atoms with van der Waals surface area (Å²) in [6.45, 7) is -0.726. The van der Waals surface area contributed by atoms with Crippen molar-refractivity contribution in [3.8, 4) is 17.3 Å². The maximum absolute atomic E-state index is 14.2. The van der Waals surface area contributed by atoms with Crippen LogP contribution in [0.25, 0.3) is 22.2 Å². The van der Waals surface area contributed by atoms with Crippen molar-refractivity contribution < 1.29 is 27.8 Å². The van der Waals surface area contributed by atoms with E-state index < -0.39 is 36.2 Å². The number of nitrogens with zero attached hydrogens (tertiary/aromatic N) is 1. The van der Waals surface area contributed by atoms with Gasteiger partial charge in [-0.15, -0.1) is 0 Å². The number of halogens is 3. The van der Waals surface area contributed by atoms with E-state index in [-0.39, 0.29) is 23.9 Å². The molecule has 3 N–H and O–H groups in total. The van der Waals surface area contributed by atoms with Gasteiger partial charge in [0.2, 0.25) is 0 Å². The molecule has 1 amide bonds. The Morgan fingerprint density at radius 1 is 1.21 bits per heavy atom. The number of nitrogens with one attached hydrogen (secondary N) is 2. The number of alkyl carbamates (subject to hydrolysis) is 1. The van der Waals surface area contributed by atoms with Gasteiger partial charge in [0, 0.05) is 23.6 Å². The summed E-state index contributed by atoms with van der Waals surface area (Å²) in [4.78, 5) is 14.6. The number of carbonyl (C=O) groups excluding carboxylic acids is 1. The van der Waals surface area contributed by atoms with Crippen molar-refractivity contribution in [3.63, 3.8) is 0 Å². The Kier molecular flexibility index (Phi) is 6.04. The van der Waals surface area contributed by atoms with Crippen LogP contribution < -0.4 is 5.32 Å². The summed E-state index contributed by atoms with van der Waals surface area (Å²) in [5.41, 5.74) is 1.55. The summed E-state index contributed by atoms with van der Waals surface area (Å²) in [5, 5.41) is 20.1. The summed E-state index contributed by atoms with van der Waals surface area (Å²) < 4.78 is 46.2. The molecule has 0 saturated carbocycles. The maximum atomic E-state index is 14.2. The highest BCUT2D eigenvalue weighted by atomic mass is 19.1. The Labute approximate surface area is 163 Å². The Balaban J connectivity index is 1.89. The molecule has 6 nitrogen and oxygen atoms in total. The van der Waals surface area contributed by atoms with E-state index in [0.29, 0.717) is 16.8 Å². The van der Waals surface area contributed by atoms with Crippen molar-refractivity contribution in [2.75, 3.05) is 13.2 Å². The van der Waals surface area contributed by atoms with Crippen LogP contribution in [0.15, 0.2) is 36.4 Å². The lowest BCUT2D eigenvalue weighted by molar-refractivity contribution is 0.141. The maximum Gasteiger partial charge on any atom is 0.408 e. The molecule has 9 heteroatoms. The number of benzene rings is 2. The third-order valence-electron chi connectivity index (χ3n) is 4.28. The summed E-state index contributed by atoms with van der Waals surface area (Å²) in [6.07, 6.45) is -0.814. The van der Waals surface area contributed by atoms with E-state index in [1.54, 1.807) is 6.07 Å². The number of H-pyrrole nitrogens is 1. The molecule has 0 aliphatic heterocycles. The van der Waals surface area contributed by atoms with E-state index in [2.05, 4.69) is 10.3 Å². The zero-order valence-corrected chi connectivity index (χ0v) is 15.0. The number of hydrogen-bond donors (Lipinski definition) is 3. The van der Waals surface area contributed by atoms with Gasteiger partial charge in [-0.3, -0.25) is 0 Å². The molecule has 3 rings (SSSR count). The lowest BCUT2D eigenvalue weighted by Crippen LogP contribution is -2.36. The highest BCUT2D eigenvalue weighted by Gasteiger charge is 2.18. The number of carbonyl (C=O) groups is 1. The first kappa shape index (κ1) is 20.2. The van der Waals surface area contributed by atoms with Crippen molar-refractivity contribution in [1.82, 2.24) is 10.3 Å². The third kappa shape index (κ3) is 4.50. The molecular formula is C20H16F3N3O3. The summed E-state index contributed by atoms with van der Waals surface area (Å²) in [7, 11) is 0. The molecule has 0 bridgehead atoms. The second kappa shape index (κ2) is 8.67. The van der Waals surface area contributed by atoms with Crippen LogP contribution in [0.2, 0.25) is 0 Å². The Morgan fingerprint density at radius 3 is 2.59 bits per heavy atom. The van der Waals surface area contributed by atoms with Crippen molar-refractivity contribution in [1.29, 1.82) is 5.26 Å². The van der Waals surface area contributed by atoms with Crippen LogP contribution in [0.3, 0.4) is 0 Å². The average Bonchev–Trinajstić information content (AvgIpc) is 3.05. The van der Waals surface area contributed by atoms with E-state index in [1.807, 2.05) is 0 Å². The van der Waals surface area contributed by atoms with Crippen molar-refractivity contribution in [2.45, 2.75) is 12.5 Å². The molecule has 1 heterocycles. The van der Waals surface area contributed by atoms with E-state index in [1.165, 1.54) is 24.3 Å². The molecule has 0 aliphatic rings. The molecular weight excluding hydrogens is 387 g/mol. The summed E-state index contributed by atoms with van der Waals surface area (Å²) in [5.74, 6) is -1.99. The number of hydrogen-bond acceptors (Lipinski definition) is 4. The Morgan fingerprint density at radius 2 is 1.93 bits per heavy atom. The van der Waals surface area contributed by atoms with Crippen LogP contribution in [0.4, 0.5) is 18.0 Å². The zero-order valence-electron chi connectivity index (χ0n) is 15.0. The minimum absolute atomic E-state index is 0.0787. The molecule has 0 radical (unpaired) electrons. The smallest absolute Gasteiger partial charge is 0.408 e. The molecule has 1 atom stereocenters. The predicted molar refractivity (Wildman–Crippen MR) is 98.3 cm³/mol. The van der Waals surface area contributed by atoms with E-state index in [0.717, 1.165) is 12.1 Å². The Bertz CT molecular complexity index is 1070. The number of fused-ring (bicyclic) bond motifs is 1. The van der Waals surface area contributed by atoms with Gasteiger partial charge in [-0.2, -0.15) is 5.26 Å². The van der Waals surface area contributed by atoms with Crippen LogP contribution in [-0.4, -0.2) is 35.4 Å². The highest BCUT2D eigenvalue weighted by Crippen LogP contribution is 2.32. The van der Waals surface area contributed by atoms with Crippen LogP contribution in [-0.2, 0) is 11.2 Å². The summed E-state index contributed by atoms with van der Waals surface area (Å²) >= 11 is 0. The van der Waals surface area contributed by atoms with Gasteiger partial charge in [-0.05, 0) is 41.5 Å². The number of amides is 1. The monoisotopic (exact) mass is 403 g/mol. The molecule has 0 saturated heterocycles. The first-order valence-electron chi connectivity index (χ1n) is 8.62. The minimum Gasteiger partial charge on any atom is -0.449 e. The molecule has 29 heavy (non-hydrogen) atoms. The summed E-state index contributed by atoms with van der Waals surface area (Å²) in [6, 6.07) is 7.94. The van der Waals surface area contributed by atoms with Crippen LogP contribution in [0.5, 0.6) is 0 Å². The molecule has 0 spiro atoms. The van der Waals surface area contributed by atoms with Gasteiger partial charge >= 0.3 is 6.09 Å². The predicted octanol–water partition coefficient (Wildman–Crippen LogP) is 3.41. The van der Waals surface area contributed by atoms with Crippen LogP contribution in [0, 0.1) is 28.8 Å². The first-order valence-corrected chi connectivity index (χ1v) is 8.62. The van der Waals surface area contributed by atoms with Crippen molar-refractivity contribution in [3.05, 3.63) is 59.4 Å². The number of aromatic nitrogens is 1. The normalized spacial score (nSPS) is 11.8. The number of aliphatic hydroxyl groups excluding tert-OH is 1. The van der Waals surface area contributed by atoms with Gasteiger partial charge in [0.05, 0.1) is 24.8 Å². The van der Waals surface area contributed by atoms with Crippen LogP contribution in [0.1, 0.15) is 5.56 Å². The minimum atomic E-state index is -1.10. The van der Waals surface area contributed by atoms with E-state index >= 15 is 0 Å². The van der Waals surface area contributed by atoms with Gasteiger partial charge in [-0.25, -0.2) is 18.0 Å². The second-order valence-electron chi connectivity index (χ2n) is 6.19. The van der Waals surface area contributed by atoms with E-state index in [4.69, 9.17) is 15.1 Å². The third-order valence-corrected chi connectivity index (χ3v) is 4.28. The first-order chi connectivity index (χ1) is 13.9. The number of nitriles is 1. The van der Waals surface area contributed by atoms with Gasteiger partial charge in [-0.1, -0.05) is 0 Å². The Hall–Kier alpha value is -3.51. The lowest BCUT2D eigenvalue weighted by atomic mass is 10.0. The number of rotatable bonds is 6. The topological polar surface area (TPSA) is 98.1 Å². The van der Waals surface area contributed by atoms with Crippen molar-refractivity contribution >= 4 is 17.0 Å². The molecule has 2 aromatic carbocycles. The zero-order chi connectivity index (χ0) is 21.0. The number of aliphatic hydroxyl groups is 1. The SMILES string of the molecule is N#CC(CO)NC(=O)OCCc1c(-c2ccc(F)cc2)[nH]c2c(F)cc(F)cc12. The van der Waals surface area contributed by atoms with Crippen LogP contribution >= 0.6 is 0 Å². The van der Waals surface area contributed by atoms with Gasteiger partial charge in [0.15, 0.2) is 0 Å². The molecule has 1 aromatic heterocycles. The second-order valence-corrected chi connectivity index (χ2v) is 6.19. The molecule has 0 fully saturated rings. The quantitative estimate of drug-likeness (QED) is 0.588. The molecule has 150 valence electrons. The van der Waals surface area contributed by atoms with Crippen molar-refractivity contribution in [2.24, 2.45) is 0 Å². The molecule has 1 unspecified atom stereocenters. The van der Waals surface area contributed by atoms with Gasteiger partial charge in [0.25, 0.3) is 0 Å². The lowest BCUT2D eigenvalue weighted by Gasteiger charge is -2.10. The van der Waals surface area contributed by atoms with Gasteiger partial charge < -0.3 is 20.1 Å². The molecule has 3 aromatic rings. The van der Waals surface area contributed by atoms with E-state index in [9.17, 15) is 18.0 Å². The fourth-order valence-corrected chi connectivity index (χ4v) is 2.94. The average molecular weight is 403 g/mol. The number of aromatic amines is 1. The number of ether oxygens (including phenoxy) is 1. The largest absolute Gasteiger partial charge is 0.449 e. The van der Waals surface area contributed by atoms with Gasteiger partial charge in [0.1, 0.15) is 23.5 Å². The standard InChI is InChI=1S/C20H16F3N3O3/c21-12-3-1-11(2-4-12)18-15(5-6-29-20(28)25-14(9-24)10-27)16-7-13(22)8-17(23)19(16)26-18/h1-4,7-8,14,26-27H,5-6,10H2,(H,25,28).